The lowest BCUT2D eigenvalue weighted by atomic mass is 10.0. The van der Waals surface area contributed by atoms with Gasteiger partial charge in [0.05, 0.1) is 24.8 Å². The van der Waals surface area contributed by atoms with Crippen LogP contribution in [0.25, 0.3) is 10.8 Å². The van der Waals surface area contributed by atoms with Crippen LogP contribution in [-0.2, 0) is 0 Å². The number of rotatable bonds is 5. The third-order valence-corrected chi connectivity index (χ3v) is 3.10. The van der Waals surface area contributed by atoms with Crippen molar-refractivity contribution in [1.29, 1.82) is 5.26 Å². The van der Waals surface area contributed by atoms with Crippen molar-refractivity contribution >= 4 is 16.5 Å². The fourth-order valence-corrected chi connectivity index (χ4v) is 2.25. The van der Waals surface area contributed by atoms with Gasteiger partial charge in [0.15, 0.2) is 0 Å². The number of aliphatic hydroxyl groups excluding tert-OH is 2. The lowest BCUT2D eigenvalue weighted by Crippen LogP contribution is -2.29. The Bertz CT molecular complexity index is 599. The zero-order valence-electron chi connectivity index (χ0n) is 10.6. The molecule has 0 amide bonds. The van der Waals surface area contributed by atoms with E-state index < -0.39 is 0 Å². The number of nitriles is 1. The summed E-state index contributed by atoms with van der Waals surface area (Å²) in [5, 5.41) is 29.2. The molecular formula is C15H16N2O2. The summed E-state index contributed by atoms with van der Waals surface area (Å²) in [5.74, 6) is 0. The van der Waals surface area contributed by atoms with E-state index in [1.54, 1.807) is 6.07 Å². The van der Waals surface area contributed by atoms with Crippen LogP contribution < -0.4 is 4.90 Å². The molecule has 0 atom stereocenters. The van der Waals surface area contributed by atoms with E-state index in [1.807, 2.05) is 35.2 Å². The first-order valence-electron chi connectivity index (χ1n) is 6.20. The van der Waals surface area contributed by atoms with Gasteiger partial charge in [0.1, 0.15) is 0 Å². The zero-order valence-corrected chi connectivity index (χ0v) is 10.6. The Morgan fingerprint density at radius 3 is 2.16 bits per heavy atom. The number of hydrogen-bond donors (Lipinski definition) is 2. The first-order valence-corrected chi connectivity index (χ1v) is 6.20. The van der Waals surface area contributed by atoms with Gasteiger partial charge in [0.2, 0.25) is 0 Å². The largest absolute Gasteiger partial charge is 0.395 e. The van der Waals surface area contributed by atoms with E-state index in [2.05, 4.69) is 6.07 Å². The van der Waals surface area contributed by atoms with Gasteiger partial charge >= 0.3 is 0 Å². The Morgan fingerprint density at radius 2 is 1.58 bits per heavy atom. The third-order valence-electron chi connectivity index (χ3n) is 3.10. The van der Waals surface area contributed by atoms with Gasteiger partial charge in [-0.3, -0.25) is 0 Å². The molecule has 2 N–H and O–H groups in total. The highest BCUT2D eigenvalue weighted by Crippen LogP contribution is 2.29. The summed E-state index contributed by atoms with van der Waals surface area (Å²) in [4.78, 5) is 1.92. The molecule has 0 saturated carbocycles. The highest BCUT2D eigenvalue weighted by molar-refractivity contribution is 5.97. The predicted octanol–water partition coefficient (Wildman–Crippen LogP) is 1.50. The molecule has 0 unspecified atom stereocenters. The van der Waals surface area contributed by atoms with Gasteiger partial charge in [-0.2, -0.15) is 5.26 Å². The predicted molar refractivity (Wildman–Crippen MR) is 75.0 cm³/mol. The Hall–Kier alpha value is -2.09. The zero-order chi connectivity index (χ0) is 13.7. The van der Waals surface area contributed by atoms with E-state index in [4.69, 9.17) is 15.5 Å². The number of nitrogens with zero attached hydrogens (tertiary/aromatic N) is 2. The molecule has 0 aliphatic carbocycles. The van der Waals surface area contributed by atoms with Crippen molar-refractivity contribution in [2.45, 2.75) is 0 Å². The summed E-state index contributed by atoms with van der Waals surface area (Å²) < 4.78 is 0. The van der Waals surface area contributed by atoms with Crippen LogP contribution >= 0.6 is 0 Å². The fraction of sp³-hybridized carbons (Fsp3) is 0.267. The first-order chi connectivity index (χ1) is 9.31. The van der Waals surface area contributed by atoms with Crippen LogP contribution in [0.1, 0.15) is 5.56 Å². The molecule has 0 aliphatic rings. The monoisotopic (exact) mass is 256 g/mol. The minimum Gasteiger partial charge on any atom is -0.395 e. The van der Waals surface area contributed by atoms with Gasteiger partial charge in [0, 0.05) is 29.5 Å². The van der Waals surface area contributed by atoms with Crippen molar-refractivity contribution in [1.82, 2.24) is 0 Å². The maximum atomic E-state index is 9.13. The molecule has 0 aromatic heterocycles. The normalized spacial score (nSPS) is 10.4. The molecule has 98 valence electrons. The Morgan fingerprint density at radius 1 is 0.947 bits per heavy atom. The maximum Gasteiger partial charge on any atom is 0.0998 e. The standard InChI is InChI=1S/C15H16N2O2/c16-11-12-5-6-15(17(7-9-18)8-10-19)14-4-2-1-3-13(12)14/h1-6,18-19H,7-10H2. The Balaban J connectivity index is 2.57. The van der Waals surface area contributed by atoms with Crippen LogP contribution in [0, 0.1) is 11.3 Å². The molecule has 0 bridgehead atoms. The Labute approximate surface area is 112 Å². The van der Waals surface area contributed by atoms with Crippen molar-refractivity contribution in [2.24, 2.45) is 0 Å². The molecule has 0 fully saturated rings. The van der Waals surface area contributed by atoms with Gasteiger partial charge in [-0.1, -0.05) is 24.3 Å². The number of benzene rings is 2. The van der Waals surface area contributed by atoms with Crippen LogP contribution in [-0.4, -0.2) is 36.5 Å². The molecule has 2 aromatic carbocycles. The average Bonchev–Trinajstić information content (AvgIpc) is 2.46. The van der Waals surface area contributed by atoms with Gasteiger partial charge in [-0.15, -0.1) is 0 Å². The molecule has 4 nitrogen and oxygen atoms in total. The molecule has 2 rings (SSSR count). The van der Waals surface area contributed by atoms with Crippen molar-refractivity contribution in [3.05, 3.63) is 42.0 Å². The molecule has 2 aromatic rings. The minimum absolute atomic E-state index is 0.0222. The number of aliphatic hydroxyl groups is 2. The highest BCUT2D eigenvalue weighted by Gasteiger charge is 2.11. The smallest absolute Gasteiger partial charge is 0.0998 e. The van der Waals surface area contributed by atoms with Gasteiger partial charge < -0.3 is 15.1 Å². The van der Waals surface area contributed by atoms with Crippen molar-refractivity contribution < 1.29 is 10.2 Å². The van der Waals surface area contributed by atoms with Crippen LogP contribution in [0.15, 0.2) is 36.4 Å². The molecule has 0 heterocycles. The van der Waals surface area contributed by atoms with E-state index in [1.165, 1.54) is 0 Å². The van der Waals surface area contributed by atoms with E-state index >= 15 is 0 Å². The van der Waals surface area contributed by atoms with Crippen LogP contribution in [0.3, 0.4) is 0 Å². The van der Waals surface area contributed by atoms with Gasteiger partial charge in [-0.05, 0) is 12.1 Å². The molecule has 19 heavy (non-hydrogen) atoms. The average molecular weight is 256 g/mol. The fourth-order valence-electron chi connectivity index (χ4n) is 2.25. The van der Waals surface area contributed by atoms with E-state index in [0.29, 0.717) is 18.7 Å². The van der Waals surface area contributed by atoms with Gasteiger partial charge in [-0.25, -0.2) is 0 Å². The lowest BCUT2D eigenvalue weighted by Gasteiger charge is -2.24. The molecule has 0 radical (unpaired) electrons. The third kappa shape index (κ3) is 2.68. The van der Waals surface area contributed by atoms with E-state index in [0.717, 1.165) is 16.5 Å². The SMILES string of the molecule is N#Cc1ccc(N(CCO)CCO)c2ccccc12. The molecule has 4 heteroatoms. The quantitative estimate of drug-likeness (QED) is 0.850. The van der Waals surface area contributed by atoms with Crippen LogP contribution in [0.4, 0.5) is 5.69 Å². The van der Waals surface area contributed by atoms with Crippen molar-refractivity contribution in [3.63, 3.8) is 0 Å². The minimum atomic E-state index is 0.0222. The summed E-state index contributed by atoms with van der Waals surface area (Å²) in [5.41, 5.74) is 1.56. The molecule has 0 aliphatic heterocycles. The van der Waals surface area contributed by atoms with Crippen molar-refractivity contribution in [3.8, 4) is 6.07 Å². The first kappa shape index (κ1) is 13.3. The van der Waals surface area contributed by atoms with Crippen LogP contribution in [0.5, 0.6) is 0 Å². The molecule has 0 saturated heterocycles. The van der Waals surface area contributed by atoms with Crippen LogP contribution in [0.2, 0.25) is 0 Å². The summed E-state index contributed by atoms with van der Waals surface area (Å²) in [6.45, 7) is 0.954. The Kier molecular flexibility index (Phi) is 4.35. The molecular weight excluding hydrogens is 240 g/mol. The summed E-state index contributed by atoms with van der Waals surface area (Å²) >= 11 is 0. The molecule has 0 spiro atoms. The number of hydrogen-bond acceptors (Lipinski definition) is 4. The number of anilines is 1. The summed E-state index contributed by atoms with van der Waals surface area (Å²) in [6.07, 6.45) is 0. The second-order valence-electron chi connectivity index (χ2n) is 4.22. The van der Waals surface area contributed by atoms with Gasteiger partial charge in [0.25, 0.3) is 0 Å². The summed E-state index contributed by atoms with van der Waals surface area (Å²) in [7, 11) is 0. The lowest BCUT2D eigenvalue weighted by molar-refractivity contribution is 0.281. The highest BCUT2D eigenvalue weighted by atomic mass is 16.3. The van der Waals surface area contributed by atoms with E-state index in [9.17, 15) is 0 Å². The second kappa shape index (κ2) is 6.19. The second-order valence-corrected chi connectivity index (χ2v) is 4.22. The topological polar surface area (TPSA) is 67.5 Å². The summed E-state index contributed by atoms with van der Waals surface area (Å²) in [6, 6.07) is 13.5. The number of fused-ring (bicyclic) bond motifs is 1. The van der Waals surface area contributed by atoms with E-state index in [-0.39, 0.29) is 13.2 Å². The maximum absolute atomic E-state index is 9.13. The van der Waals surface area contributed by atoms with Crippen molar-refractivity contribution in [2.75, 3.05) is 31.2 Å².